The number of carbonyl (C=O) groups excluding carboxylic acids is 1. The van der Waals surface area contributed by atoms with Crippen molar-refractivity contribution in [2.45, 2.75) is 51.6 Å². The Labute approximate surface area is 124 Å². The van der Waals surface area contributed by atoms with Gasteiger partial charge in [-0.2, -0.15) is 0 Å². The number of rotatable bonds is 5. The fourth-order valence-corrected chi connectivity index (χ4v) is 3.71. The summed E-state index contributed by atoms with van der Waals surface area (Å²) in [5, 5.41) is 17.5. The van der Waals surface area contributed by atoms with Gasteiger partial charge in [-0.15, -0.1) is 11.3 Å². The van der Waals surface area contributed by atoms with E-state index >= 15 is 0 Å². The summed E-state index contributed by atoms with van der Waals surface area (Å²) in [6.07, 6.45) is 3.84. The molecule has 3 N–H and O–H groups in total. The standard InChI is InChI=1S/C15H24N2O2S/c1-11(9-12-5-4-8-20-12)16-14(19)17-13-6-3-7-15(13,2)10-18/h4-5,8,11,13,18H,3,6-7,9-10H2,1-2H3,(H2,16,17,19). The molecule has 3 unspecified atom stereocenters. The summed E-state index contributed by atoms with van der Waals surface area (Å²) in [6.45, 7) is 4.18. The number of carbonyl (C=O) groups is 1. The highest BCUT2D eigenvalue weighted by atomic mass is 32.1. The highest BCUT2D eigenvalue weighted by Gasteiger charge is 2.39. The second-order valence-electron chi connectivity index (χ2n) is 6.06. The lowest BCUT2D eigenvalue weighted by atomic mass is 9.86. The van der Waals surface area contributed by atoms with Crippen molar-refractivity contribution < 1.29 is 9.90 Å². The largest absolute Gasteiger partial charge is 0.396 e. The van der Waals surface area contributed by atoms with Gasteiger partial charge in [-0.1, -0.05) is 19.4 Å². The van der Waals surface area contributed by atoms with Crippen LogP contribution >= 0.6 is 11.3 Å². The van der Waals surface area contributed by atoms with Crippen LogP contribution in [0.25, 0.3) is 0 Å². The summed E-state index contributed by atoms with van der Waals surface area (Å²) in [5.41, 5.74) is -0.172. The molecule has 1 aliphatic rings. The van der Waals surface area contributed by atoms with Gasteiger partial charge < -0.3 is 15.7 Å². The molecule has 3 atom stereocenters. The fraction of sp³-hybridized carbons (Fsp3) is 0.667. The zero-order valence-electron chi connectivity index (χ0n) is 12.2. The Balaban J connectivity index is 1.80. The van der Waals surface area contributed by atoms with Crippen molar-refractivity contribution in [2.75, 3.05) is 6.61 Å². The quantitative estimate of drug-likeness (QED) is 0.782. The van der Waals surface area contributed by atoms with Gasteiger partial charge in [0.25, 0.3) is 0 Å². The predicted octanol–water partition coefficient (Wildman–Crippen LogP) is 2.53. The van der Waals surface area contributed by atoms with Crippen LogP contribution in [0.3, 0.4) is 0 Å². The van der Waals surface area contributed by atoms with Gasteiger partial charge in [0.05, 0.1) is 6.61 Å². The molecule has 2 amide bonds. The molecule has 1 aliphatic carbocycles. The maximum atomic E-state index is 12.0. The number of urea groups is 1. The minimum absolute atomic E-state index is 0.0708. The first-order valence-electron chi connectivity index (χ1n) is 7.24. The molecule has 0 bridgehead atoms. The van der Waals surface area contributed by atoms with Gasteiger partial charge in [-0.05, 0) is 31.2 Å². The van der Waals surface area contributed by atoms with Crippen molar-refractivity contribution in [1.82, 2.24) is 10.6 Å². The monoisotopic (exact) mass is 296 g/mol. The van der Waals surface area contributed by atoms with E-state index in [4.69, 9.17) is 0 Å². The van der Waals surface area contributed by atoms with Gasteiger partial charge in [0.1, 0.15) is 0 Å². The van der Waals surface area contributed by atoms with E-state index < -0.39 is 0 Å². The molecule has 1 saturated carbocycles. The zero-order chi connectivity index (χ0) is 14.6. The van der Waals surface area contributed by atoms with Gasteiger partial charge in [0, 0.05) is 28.8 Å². The van der Waals surface area contributed by atoms with Crippen molar-refractivity contribution >= 4 is 17.4 Å². The minimum Gasteiger partial charge on any atom is -0.396 e. The predicted molar refractivity (Wildman–Crippen MR) is 82.0 cm³/mol. The van der Waals surface area contributed by atoms with Crippen LogP contribution in [0.5, 0.6) is 0 Å². The minimum atomic E-state index is -0.172. The molecule has 1 aromatic heterocycles. The fourth-order valence-electron chi connectivity index (χ4n) is 2.87. The summed E-state index contributed by atoms with van der Waals surface area (Å²) in [6, 6.07) is 4.16. The SMILES string of the molecule is CC(Cc1cccs1)NC(=O)NC1CCCC1(C)CO. The van der Waals surface area contributed by atoms with Crippen LogP contribution in [0.4, 0.5) is 4.79 Å². The molecule has 112 valence electrons. The van der Waals surface area contributed by atoms with E-state index in [-0.39, 0.29) is 30.1 Å². The highest BCUT2D eigenvalue weighted by Crippen LogP contribution is 2.37. The summed E-state index contributed by atoms with van der Waals surface area (Å²) < 4.78 is 0. The van der Waals surface area contributed by atoms with Crippen LogP contribution in [0.2, 0.25) is 0 Å². The smallest absolute Gasteiger partial charge is 0.315 e. The second-order valence-corrected chi connectivity index (χ2v) is 7.09. The van der Waals surface area contributed by atoms with E-state index in [0.29, 0.717) is 0 Å². The molecule has 1 aromatic rings. The summed E-state index contributed by atoms with van der Waals surface area (Å²) in [4.78, 5) is 13.3. The van der Waals surface area contributed by atoms with Gasteiger partial charge >= 0.3 is 6.03 Å². The molecule has 5 heteroatoms. The van der Waals surface area contributed by atoms with Crippen molar-refractivity contribution in [2.24, 2.45) is 5.41 Å². The average molecular weight is 296 g/mol. The van der Waals surface area contributed by atoms with E-state index in [1.54, 1.807) is 11.3 Å². The summed E-state index contributed by atoms with van der Waals surface area (Å²) in [7, 11) is 0. The second kappa shape index (κ2) is 6.59. The third-order valence-electron chi connectivity index (χ3n) is 4.21. The van der Waals surface area contributed by atoms with E-state index in [1.165, 1.54) is 4.88 Å². The number of nitrogens with one attached hydrogen (secondary N) is 2. The molecule has 0 radical (unpaired) electrons. The van der Waals surface area contributed by atoms with Crippen LogP contribution in [0.15, 0.2) is 17.5 Å². The number of thiophene rings is 1. The Bertz CT molecular complexity index is 435. The Morgan fingerprint density at radius 1 is 1.65 bits per heavy atom. The summed E-state index contributed by atoms with van der Waals surface area (Å²) >= 11 is 1.71. The first-order chi connectivity index (χ1) is 9.53. The van der Waals surface area contributed by atoms with E-state index in [0.717, 1.165) is 25.7 Å². The maximum absolute atomic E-state index is 12.0. The molecular weight excluding hydrogens is 272 g/mol. The van der Waals surface area contributed by atoms with Crippen LogP contribution in [0.1, 0.15) is 38.0 Å². The summed E-state index contributed by atoms with van der Waals surface area (Å²) in [5.74, 6) is 0. The molecule has 0 aliphatic heterocycles. The van der Waals surface area contributed by atoms with E-state index in [9.17, 15) is 9.90 Å². The molecule has 1 fully saturated rings. The lowest BCUT2D eigenvalue weighted by Gasteiger charge is -2.30. The van der Waals surface area contributed by atoms with Crippen molar-refractivity contribution in [3.63, 3.8) is 0 Å². The topological polar surface area (TPSA) is 61.4 Å². The molecule has 0 aromatic carbocycles. The Morgan fingerprint density at radius 3 is 3.10 bits per heavy atom. The van der Waals surface area contributed by atoms with Gasteiger partial charge in [0.15, 0.2) is 0 Å². The third kappa shape index (κ3) is 3.73. The molecule has 20 heavy (non-hydrogen) atoms. The van der Waals surface area contributed by atoms with Gasteiger partial charge in [-0.25, -0.2) is 4.79 Å². The molecule has 0 spiro atoms. The molecule has 2 rings (SSSR count). The Morgan fingerprint density at radius 2 is 2.45 bits per heavy atom. The lowest BCUT2D eigenvalue weighted by molar-refractivity contribution is 0.121. The molecule has 1 heterocycles. The van der Waals surface area contributed by atoms with Crippen LogP contribution in [-0.2, 0) is 6.42 Å². The molecule has 4 nitrogen and oxygen atoms in total. The van der Waals surface area contributed by atoms with Crippen molar-refractivity contribution in [1.29, 1.82) is 0 Å². The van der Waals surface area contributed by atoms with Gasteiger partial charge in [0.2, 0.25) is 0 Å². The van der Waals surface area contributed by atoms with E-state index in [2.05, 4.69) is 16.7 Å². The molecule has 0 saturated heterocycles. The third-order valence-corrected chi connectivity index (χ3v) is 5.11. The first-order valence-corrected chi connectivity index (χ1v) is 8.12. The highest BCUT2D eigenvalue weighted by molar-refractivity contribution is 7.09. The first kappa shape index (κ1) is 15.3. The number of aliphatic hydroxyl groups is 1. The van der Waals surface area contributed by atoms with E-state index in [1.807, 2.05) is 25.3 Å². The number of amides is 2. The van der Waals surface area contributed by atoms with Crippen LogP contribution in [-0.4, -0.2) is 29.8 Å². The van der Waals surface area contributed by atoms with Crippen LogP contribution < -0.4 is 10.6 Å². The average Bonchev–Trinajstić information content (AvgIpc) is 3.01. The Hall–Kier alpha value is -1.07. The molecular formula is C15H24N2O2S. The number of hydrogen-bond acceptors (Lipinski definition) is 3. The normalized spacial score (nSPS) is 27.2. The lowest BCUT2D eigenvalue weighted by Crippen LogP contribution is -2.50. The zero-order valence-corrected chi connectivity index (χ0v) is 13.0. The maximum Gasteiger partial charge on any atom is 0.315 e. The van der Waals surface area contributed by atoms with Crippen molar-refractivity contribution in [3.8, 4) is 0 Å². The number of aliphatic hydroxyl groups excluding tert-OH is 1. The van der Waals surface area contributed by atoms with Gasteiger partial charge in [-0.3, -0.25) is 0 Å². The Kier molecular flexibility index (Phi) is 5.05. The van der Waals surface area contributed by atoms with Crippen LogP contribution in [0, 0.1) is 5.41 Å². The number of hydrogen-bond donors (Lipinski definition) is 3. The van der Waals surface area contributed by atoms with Crippen molar-refractivity contribution in [3.05, 3.63) is 22.4 Å².